The van der Waals surface area contributed by atoms with Crippen LogP contribution in [0, 0.1) is 4.91 Å². The SMILES string of the molecule is COc1cc2c(cc1OC)[N+](=O)CC(=O)N2. The first-order chi connectivity index (χ1) is 7.65. The molecule has 0 atom stereocenters. The van der Waals surface area contributed by atoms with E-state index < -0.39 is 0 Å². The molecule has 16 heavy (non-hydrogen) atoms. The van der Waals surface area contributed by atoms with Crippen molar-refractivity contribution in [2.45, 2.75) is 0 Å². The normalized spacial score (nSPS) is 14.1. The van der Waals surface area contributed by atoms with Crippen molar-refractivity contribution in [1.82, 2.24) is 0 Å². The summed E-state index contributed by atoms with van der Waals surface area (Å²) in [5.41, 5.74) is 0.807. The van der Waals surface area contributed by atoms with Gasteiger partial charge in [0.25, 0.3) is 18.1 Å². The van der Waals surface area contributed by atoms with E-state index in [4.69, 9.17) is 9.47 Å². The van der Waals surface area contributed by atoms with Crippen LogP contribution in [0.1, 0.15) is 0 Å². The van der Waals surface area contributed by atoms with E-state index in [9.17, 15) is 9.70 Å². The fourth-order valence-corrected chi connectivity index (χ4v) is 1.58. The van der Waals surface area contributed by atoms with Crippen molar-refractivity contribution in [2.75, 3.05) is 26.1 Å². The number of fused-ring (bicyclic) bond motifs is 1. The highest BCUT2D eigenvalue weighted by Gasteiger charge is 2.31. The predicted molar refractivity (Wildman–Crippen MR) is 56.3 cm³/mol. The summed E-state index contributed by atoms with van der Waals surface area (Å²) in [6, 6.07) is 3.11. The quantitative estimate of drug-likeness (QED) is 0.761. The van der Waals surface area contributed by atoms with Crippen LogP contribution >= 0.6 is 0 Å². The molecular weight excluding hydrogens is 212 g/mol. The molecule has 0 fully saturated rings. The molecule has 0 unspecified atom stereocenters. The summed E-state index contributed by atoms with van der Waals surface area (Å²) in [6.07, 6.45) is 0. The van der Waals surface area contributed by atoms with E-state index in [2.05, 4.69) is 5.32 Å². The minimum atomic E-state index is -0.338. The lowest BCUT2D eigenvalue weighted by molar-refractivity contribution is -0.451. The average Bonchev–Trinajstić information content (AvgIpc) is 2.27. The van der Waals surface area contributed by atoms with Gasteiger partial charge in [-0.05, 0) is 0 Å². The van der Waals surface area contributed by atoms with Crippen LogP contribution in [0.3, 0.4) is 0 Å². The number of nitrogens with zero attached hydrogens (tertiary/aromatic N) is 1. The van der Waals surface area contributed by atoms with Gasteiger partial charge in [0.15, 0.2) is 11.5 Å². The largest absolute Gasteiger partial charge is 0.493 e. The Morgan fingerprint density at radius 1 is 1.25 bits per heavy atom. The van der Waals surface area contributed by atoms with Crippen molar-refractivity contribution >= 4 is 17.3 Å². The van der Waals surface area contributed by atoms with Gasteiger partial charge in [0.1, 0.15) is 5.69 Å². The maximum atomic E-state index is 11.5. The lowest BCUT2D eigenvalue weighted by atomic mass is 10.2. The number of nitroso groups, excluding NO2 is 1. The summed E-state index contributed by atoms with van der Waals surface area (Å²) in [4.78, 5) is 22.7. The summed E-state index contributed by atoms with van der Waals surface area (Å²) in [6.45, 7) is -0.206. The van der Waals surface area contributed by atoms with Crippen LogP contribution < -0.4 is 14.8 Å². The average molecular weight is 223 g/mol. The maximum Gasteiger partial charge on any atom is 0.295 e. The molecule has 1 aliphatic heterocycles. The van der Waals surface area contributed by atoms with Gasteiger partial charge in [0.05, 0.1) is 20.3 Å². The highest BCUT2D eigenvalue weighted by molar-refractivity contribution is 5.96. The first kappa shape index (κ1) is 10.4. The third-order valence-electron chi connectivity index (χ3n) is 2.33. The molecule has 0 bridgehead atoms. The molecule has 0 saturated heterocycles. The van der Waals surface area contributed by atoms with Crippen LogP contribution in [0.2, 0.25) is 0 Å². The minimum absolute atomic E-state index is 0.206. The first-order valence-corrected chi connectivity index (χ1v) is 4.66. The standard InChI is InChI=1S/C10H10N2O4/c1-15-8-3-6-7(4-9(8)16-2)12(14)5-10(13)11-6/h3-4H,5H2,1-2H3/p+1. The molecule has 0 aromatic heterocycles. The summed E-state index contributed by atoms with van der Waals surface area (Å²) in [5.74, 6) is 0.588. The Labute approximate surface area is 91.7 Å². The molecule has 1 aromatic carbocycles. The fourth-order valence-electron chi connectivity index (χ4n) is 1.58. The van der Waals surface area contributed by atoms with Crippen LogP contribution in [0.25, 0.3) is 0 Å². The maximum absolute atomic E-state index is 11.5. The van der Waals surface area contributed by atoms with E-state index in [1.165, 1.54) is 14.2 Å². The summed E-state index contributed by atoms with van der Waals surface area (Å²) in [5, 5.41) is 2.60. The number of carbonyl (C=O) groups excluding carboxylic acids is 1. The molecule has 0 spiro atoms. The predicted octanol–water partition coefficient (Wildman–Crippen LogP) is 1.07. The zero-order valence-electron chi connectivity index (χ0n) is 8.94. The molecule has 1 N–H and O–H groups in total. The Morgan fingerprint density at radius 3 is 2.50 bits per heavy atom. The van der Waals surface area contributed by atoms with E-state index in [0.29, 0.717) is 27.6 Å². The number of ether oxygens (including phenoxy) is 2. The summed E-state index contributed by atoms with van der Waals surface area (Å²) >= 11 is 0. The van der Waals surface area contributed by atoms with Crippen molar-refractivity contribution in [3.8, 4) is 11.5 Å². The molecule has 6 heteroatoms. The highest BCUT2D eigenvalue weighted by atomic mass is 16.5. The number of hydrogen-bond acceptors (Lipinski definition) is 4. The number of rotatable bonds is 2. The molecule has 0 saturated carbocycles. The molecule has 1 aliphatic rings. The van der Waals surface area contributed by atoms with Crippen LogP contribution in [0.15, 0.2) is 12.1 Å². The third kappa shape index (κ3) is 1.58. The molecule has 6 nitrogen and oxygen atoms in total. The van der Waals surface area contributed by atoms with Crippen LogP contribution in [0.4, 0.5) is 11.4 Å². The molecule has 1 heterocycles. The lowest BCUT2D eigenvalue weighted by Crippen LogP contribution is -2.27. The molecule has 84 valence electrons. The van der Waals surface area contributed by atoms with Gasteiger partial charge >= 0.3 is 0 Å². The zero-order chi connectivity index (χ0) is 11.7. The molecular formula is C10H11N2O4+. The zero-order valence-corrected chi connectivity index (χ0v) is 8.94. The summed E-state index contributed by atoms with van der Waals surface area (Å²) in [7, 11) is 2.98. The third-order valence-corrected chi connectivity index (χ3v) is 2.33. The van der Waals surface area contributed by atoms with Gasteiger partial charge in [-0.15, -0.1) is 0 Å². The van der Waals surface area contributed by atoms with Gasteiger partial charge in [0.2, 0.25) is 0 Å². The number of methoxy groups -OCH3 is 2. The van der Waals surface area contributed by atoms with Gasteiger partial charge in [0, 0.05) is 15.7 Å². The van der Waals surface area contributed by atoms with Crippen molar-refractivity contribution in [3.63, 3.8) is 0 Å². The smallest absolute Gasteiger partial charge is 0.295 e. The fraction of sp³-hybridized carbons (Fsp3) is 0.300. The molecule has 2 rings (SSSR count). The van der Waals surface area contributed by atoms with Gasteiger partial charge in [-0.2, -0.15) is 0 Å². The van der Waals surface area contributed by atoms with E-state index in [0.717, 1.165) is 0 Å². The second-order valence-electron chi connectivity index (χ2n) is 3.31. The second kappa shape index (κ2) is 3.80. The minimum Gasteiger partial charge on any atom is -0.493 e. The Bertz CT molecular complexity index is 470. The highest BCUT2D eigenvalue weighted by Crippen LogP contribution is 2.38. The van der Waals surface area contributed by atoms with E-state index in [-0.39, 0.29) is 12.5 Å². The van der Waals surface area contributed by atoms with E-state index in [1.54, 1.807) is 12.1 Å². The Morgan fingerprint density at radius 2 is 1.88 bits per heavy atom. The van der Waals surface area contributed by atoms with Gasteiger partial charge < -0.3 is 14.8 Å². The van der Waals surface area contributed by atoms with Crippen LogP contribution in [0.5, 0.6) is 11.5 Å². The number of amides is 1. The number of carbonyl (C=O) groups is 1. The Hall–Kier alpha value is -2.11. The van der Waals surface area contributed by atoms with E-state index >= 15 is 0 Å². The molecule has 1 aromatic rings. The van der Waals surface area contributed by atoms with Gasteiger partial charge in [-0.3, -0.25) is 4.79 Å². The van der Waals surface area contributed by atoms with Crippen molar-refractivity contribution in [1.29, 1.82) is 0 Å². The second-order valence-corrected chi connectivity index (χ2v) is 3.31. The number of nitrogens with one attached hydrogen (secondary N) is 1. The van der Waals surface area contributed by atoms with Crippen LogP contribution in [-0.4, -0.2) is 31.4 Å². The Kier molecular flexibility index (Phi) is 2.47. The van der Waals surface area contributed by atoms with E-state index in [1.807, 2.05) is 0 Å². The number of hydrogen-bond donors (Lipinski definition) is 1. The molecule has 1 amide bonds. The van der Waals surface area contributed by atoms with Gasteiger partial charge in [-0.1, -0.05) is 0 Å². The monoisotopic (exact) mass is 223 g/mol. The molecule has 0 aliphatic carbocycles. The lowest BCUT2D eigenvalue weighted by Gasteiger charge is -2.13. The number of benzene rings is 1. The topological polar surface area (TPSA) is 67.6 Å². The summed E-state index contributed by atoms with van der Waals surface area (Å²) < 4.78 is 10.8. The van der Waals surface area contributed by atoms with Crippen molar-refractivity contribution in [3.05, 3.63) is 17.0 Å². The van der Waals surface area contributed by atoms with Crippen molar-refractivity contribution < 1.29 is 19.0 Å². The number of anilines is 1. The van der Waals surface area contributed by atoms with Crippen molar-refractivity contribution in [2.24, 2.45) is 0 Å². The van der Waals surface area contributed by atoms with Crippen LogP contribution in [-0.2, 0) is 4.79 Å². The Balaban J connectivity index is 2.56. The molecule has 0 radical (unpaired) electrons. The van der Waals surface area contributed by atoms with Gasteiger partial charge in [-0.25, -0.2) is 0 Å². The first-order valence-electron chi connectivity index (χ1n) is 4.66.